The highest BCUT2D eigenvalue weighted by Crippen LogP contribution is 2.40. The van der Waals surface area contributed by atoms with Gasteiger partial charge in [-0.2, -0.15) is 0 Å². The first-order chi connectivity index (χ1) is 9.84. The van der Waals surface area contributed by atoms with Crippen molar-refractivity contribution in [1.82, 2.24) is 0 Å². The Morgan fingerprint density at radius 3 is 2.35 bits per heavy atom. The zero-order chi connectivity index (χ0) is 13.5. The Kier molecular flexibility index (Phi) is 2.51. The lowest BCUT2D eigenvalue weighted by atomic mass is 10.1. The third kappa shape index (κ3) is 1.62. The summed E-state index contributed by atoms with van der Waals surface area (Å²) in [6.45, 7) is 0. The van der Waals surface area contributed by atoms with Crippen molar-refractivity contribution >= 4 is 29.5 Å². The predicted octanol–water partition coefficient (Wildman–Crippen LogP) is 4.92. The van der Waals surface area contributed by atoms with Crippen LogP contribution in [0.15, 0.2) is 75.7 Å². The highest BCUT2D eigenvalue weighted by molar-refractivity contribution is 7.51. The van der Waals surface area contributed by atoms with E-state index in [1.165, 1.54) is 0 Å². The first-order valence-corrected chi connectivity index (χ1v) is 7.70. The van der Waals surface area contributed by atoms with Gasteiger partial charge in [-0.25, -0.2) is 0 Å². The van der Waals surface area contributed by atoms with Crippen molar-refractivity contribution < 1.29 is 4.20 Å². The second-order valence-electron chi connectivity index (χ2n) is 4.69. The van der Waals surface area contributed by atoms with E-state index in [0.717, 1.165) is 21.7 Å². The molecule has 20 heavy (non-hydrogen) atoms. The molecule has 0 saturated heterocycles. The Hall–Kier alpha value is -2.31. The molecule has 0 spiro atoms. The first-order valence-electron chi connectivity index (χ1n) is 6.44. The fourth-order valence-electron chi connectivity index (χ4n) is 2.49. The van der Waals surface area contributed by atoms with E-state index in [9.17, 15) is 4.79 Å². The normalized spacial score (nSPS) is 12.1. The third-order valence-electron chi connectivity index (χ3n) is 3.47. The molecule has 1 aromatic heterocycles. The summed E-state index contributed by atoms with van der Waals surface area (Å²) < 4.78 is 6.03. The van der Waals surface area contributed by atoms with Crippen LogP contribution < -0.4 is 5.16 Å². The summed E-state index contributed by atoms with van der Waals surface area (Å²) in [4.78, 5) is 12.5. The molecular formula is C17H11O2P. The van der Waals surface area contributed by atoms with E-state index in [-0.39, 0.29) is 5.16 Å². The van der Waals surface area contributed by atoms with Crippen molar-refractivity contribution in [3.63, 3.8) is 0 Å². The quantitative estimate of drug-likeness (QED) is 0.494. The number of hydrogen-bond donors (Lipinski definition) is 0. The third-order valence-corrected chi connectivity index (χ3v) is 5.21. The zero-order valence-corrected chi connectivity index (χ0v) is 11.5. The summed E-state index contributed by atoms with van der Waals surface area (Å²) in [5, 5.41) is 3.89. The predicted molar refractivity (Wildman–Crippen MR) is 84.0 cm³/mol. The van der Waals surface area contributed by atoms with E-state index in [4.69, 9.17) is 4.20 Å². The molecule has 4 rings (SSSR count). The molecule has 4 aromatic rings. The summed E-state index contributed by atoms with van der Waals surface area (Å²) in [5.41, 5.74) is 0.739. The average molecular weight is 278 g/mol. The minimum Gasteiger partial charge on any atom is -0.441 e. The van der Waals surface area contributed by atoms with E-state index in [1.54, 1.807) is 0 Å². The van der Waals surface area contributed by atoms with E-state index in [0.29, 0.717) is 5.39 Å². The first kappa shape index (κ1) is 11.5. The highest BCUT2D eigenvalue weighted by atomic mass is 31.1. The lowest BCUT2D eigenvalue weighted by Gasteiger charge is -1.97. The lowest BCUT2D eigenvalue weighted by molar-refractivity contribution is 0.753. The van der Waals surface area contributed by atoms with Crippen molar-refractivity contribution in [3.05, 3.63) is 76.7 Å². The summed E-state index contributed by atoms with van der Waals surface area (Å²) in [5.74, 6) is 0. The zero-order valence-electron chi connectivity index (χ0n) is 10.6. The monoisotopic (exact) mass is 278 g/mol. The van der Waals surface area contributed by atoms with E-state index in [2.05, 4.69) is 0 Å². The fourth-order valence-corrected chi connectivity index (χ4v) is 4.13. The standard InChI is InChI=1S/C17H11O2P/c18-17-15-11-10-12-6-4-5-9-14(12)16(15)19-20(17)13-7-2-1-3-8-13/h1-11H. The van der Waals surface area contributed by atoms with Crippen LogP contribution in [0.3, 0.4) is 0 Å². The fraction of sp³-hybridized carbons (Fsp3) is 0. The molecule has 0 fully saturated rings. The summed E-state index contributed by atoms with van der Waals surface area (Å²) >= 11 is 0. The second kappa shape index (κ2) is 4.36. The molecule has 1 atom stereocenters. The molecule has 0 radical (unpaired) electrons. The van der Waals surface area contributed by atoms with Crippen molar-refractivity contribution in [2.75, 3.05) is 0 Å². The summed E-state index contributed by atoms with van der Waals surface area (Å²) in [7, 11) is -1.24. The number of rotatable bonds is 1. The largest absolute Gasteiger partial charge is 0.441 e. The second-order valence-corrected chi connectivity index (χ2v) is 6.38. The van der Waals surface area contributed by atoms with Crippen LogP contribution in [0.25, 0.3) is 27.0 Å². The maximum atomic E-state index is 12.5. The van der Waals surface area contributed by atoms with Gasteiger partial charge in [-0.15, -0.1) is 0 Å². The molecule has 1 unspecified atom stereocenters. The molecule has 96 valence electrons. The van der Waals surface area contributed by atoms with Crippen molar-refractivity contribution in [3.8, 4) is 5.30 Å². The molecule has 0 aliphatic rings. The number of fused-ring (bicyclic) bond motifs is 3. The van der Waals surface area contributed by atoms with Gasteiger partial charge in [0.1, 0.15) is 7.77 Å². The van der Waals surface area contributed by atoms with Crippen LogP contribution in [0.2, 0.25) is 0 Å². The van der Waals surface area contributed by atoms with Crippen LogP contribution in [0.4, 0.5) is 0 Å². The Morgan fingerprint density at radius 2 is 1.50 bits per heavy atom. The van der Waals surface area contributed by atoms with Gasteiger partial charge >= 0.3 is 0 Å². The number of hydrogen-bond acceptors (Lipinski definition) is 2. The van der Waals surface area contributed by atoms with Gasteiger partial charge in [0.2, 0.25) is 5.16 Å². The Bertz CT molecular complexity index is 965. The highest BCUT2D eigenvalue weighted by Gasteiger charge is 2.14. The van der Waals surface area contributed by atoms with E-state index in [1.807, 2.05) is 66.7 Å². The van der Waals surface area contributed by atoms with Gasteiger partial charge in [0.05, 0.1) is 5.39 Å². The Labute approximate surface area is 116 Å². The van der Waals surface area contributed by atoms with E-state index < -0.39 is 7.77 Å². The molecule has 2 nitrogen and oxygen atoms in total. The molecular weight excluding hydrogens is 267 g/mol. The van der Waals surface area contributed by atoms with Crippen LogP contribution in [0.1, 0.15) is 0 Å². The van der Waals surface area contributed by atoms with E-state index >= 15 is 0 Å². The van der Waals surface area contributed by atoms with Crippen LogP contribution in [-0.2, 0) is 0 Å². The molecule has 0 amide bonds. The topological polar surface area (TPSA) is 30.2 Å². The molecule has 3 heteroatoms. The van der Waals surface area contributed by atoms with Crippen LogP contribution in [0.5, 0.6) is 0 Å². The molecule has 0 aliphatic carbocycles. The molecule has 0 saturated carbocycles. The Balaban J connectivity index is 2.13. The Morgan fingerprint density at radius 1 is 0.750 bits per heavy atom. The van der Waals surface area contributed by atoms with Gasteiger partial charge in [-0.3, -0.25) is 4.79 Å². The van der Waals surface area contributed by atoms with Gasteiger partial charge in [-0.1, -0.05) is 48.5 Å². The molecule has 0 aliphatic heterocycles. The van der Waals surface area contributed by atoms with Crippen molar-refractivity contribution in [2.45, 2.75) is 0 Å². The van der Waals surface area contributed by atoms with Gasteiger partial charge in [0.25, 0.3) is 0 Å². The van der Waals surface area contributed by atoms with Gasteiger partial charge in [0, 0.05) is 10.7 Å². The van der Waals surface area contributed by atoms with Crippen LogP contribution in [-0.4, -0.2) is 0 Å². The maximum Gasteiger partial charge on any atom is 0.245 e. The van der Waals surface area contributed by atoms with Gasteiger partial charge in [0.15, 0.2) is 5.58 Å². The number of benzene rings is 3. The van der Waals surface area contributed by atoms with Gasteiger partial charge in [-0.05, 0) is 23.6 Å². The van der Waals surface area contributed by atoms with Crippen LogP contribution in [0, 0.1) is 0 Å². The molecule has 0 N–H and O–H groups in total. The SMILES string of the molecule is O=c1c2ccc3ccccc3c2op1-c1ccccc1. The molecule has 0 bridgehead atoms. The lowest BCUT2D eigenvalue weighted by Crippen LogP contribution is -1.90. The van der Waals surface area contributed by atoms with Crippen molar-refractivity contribution in [2.24, 2.45) is 0 Å². The average Bonchev–Trinajstić information content (AvgIpc) is 2.86. The molecule has 1 heterocycles. The maximum absolute atomic E-state index is 12.5. The minimum absolute atomic E-state index is 0.104. The molecule has 3 aromatic carbocycles. The smallest absolute Gasteiger partial charge is 0.245 e. The summed E-state index contributed by atoms with van der Waals surface area (Å²) in [6.07, 6.45) is 0. The summed E-state index contributed by atoms with van der Waals surface area (Å²) in [6, 6.07) is 21.6. The van der Waals surface area contributed by atoms with Crippen LogP contribution >= 0.6 is 7.77 Å². The van der Waals surface area contributed by atoms with Crippen molar-refractivity contribution in [1.29, 1.82) is 0 Å². The van der Waals surface area contributed by atoms with Gasteiger partial charge < -0.3 is 4.20 Å². The minimum atomic E-state index is -1.24.